The van der Waals surface area contributed by atoms with Gasteiger partial charge in [0, 0.05) is 30.9 Å². The highest BCUT2D eigenvalue weighted by atomic mass is 15.2. The van der Waals surface area contributed by atoms with Crippen molar-refractivity contribution in [3.63, 3.8) is 0 Å². The predicted octanol–water partition coefficient (Wildman–Crippen LogP) is 6.95. The summed E-state index contributed by atoms with van der Waals surface area (Å²) in [5.41, 5.74) is 2.99. The second kappa shape index (κ2) is 11.0. The molecule has 1 fully saturated rings. The Morgan fingerprint density at radius 2 is 1.83 bits per heavy atom. The molecule has 0 spiro atoms. The molecule has 0 aromatic carbocycles. The fraction of sp³-hybridized carbons (Fsp3) is 0.786. The van der Waals surface area contributed by atoms with Gasteiger partial charge in [0.15, 0.2) is 0 Å². The van der Waals surface area contributed by atoms with Crippen molar-refractivity contribution in [1.29, 1.82) is 0 Å². The van der Waals surface area contributed by atoms with Crippen LogP contribution < -0.4 is 5.32 Å². The van der Waals surface area contributed by atoms with Gasteiger partial charge in [0.1, 0.15) is 0 Å². The second-order valence-corrected chi connectivity index (χ2v) is 11.2. The molecule has 5 atom stereocenters. The molecule has 0 amide bonds. The summed E-state index contributed by atoms with van der Waals surface area (Å²) in [6.45, 7) is 18.8. The van der Waals surface area contributed by atoms with Crippen molar-refractivity contribution in [2.45, 2.75) is 98.1 Å². The zero-order chi connectivity index (χ0) is 21.7. The number of likely N-dealkylation sites (tertiary alicyclic amines) is 1. The normalized spacial score (nSPS) is 30.3. The summed E-state index contributed by atoms with van der Waals surface area (Å²) >= 11 is 0. The summed E-state index contributed by atoms with van der Waals surface area (Å²) < 4.78 is 0. The van der Waals surface area contributed by atoms with Crippen molar-refractivity contribution in [3.8, 4) is 0 Å². The minimum absolute atomic E-state index is 0.384. The van der Waals surface area contributed by atoms with Crippen LogP contribution in [0.25, 0.3) is 0 Å². The number of rotatable bonds is 8. The molecule has 4 unspecified atom stereocenters. The zero-order valence-electron chi connectivity index (χ0n) is 20.5. The third-order valence-corrected chi connectivity index (χ3v) is 7.97. The molecule has 0 radical (unpaired) electrons. The van der Waals surface area contributed by atoms with Crippen LogP contribution in [0.4, 0.5) is 0 Å². The summed E-state index contributed by atoms with van der Waals surface area (Å²) in [6.07, 6.45) is 17.9. The maximum absolute atomic E-state index is 4.59. The molecule has 2 nitrogen and oxygen atoms in total. The Balaban J connectivity index is 1.50. The summed E-state index contributed by atoms with van der Waals surface area (Å²) in [5, 5.41) is 3.96. The Labute approximate surface area is 187 Å². The van der Waals surface area contributed by atoms with Gasteiger partial charge in [-0.05, 0) is 87.9 Å². The number of nitrogens with zero attached hydrogens (tertiary/aromatic N) is 1. The first-order chi connectivity index (χ1) is 14.3. The third-order valence-electron chi connectivity index (χ3n) is 7.97. The first-order valence-corrected chi connectivity index (χ1v) is 12.9. The van der Waals surface area contributed by atoms with Crippen LogP contribution in [-0.2, 0) is 0 Å². The second-order valence-electron chi connectivity index (χ2n) is 11.2. The Morgan fingerprint density at radius 1 is 1.10 bits per heavy atom. The number of hydrogen-bond acceptors (Lipinski definition) is 2. The molecular formula is C28H48N2. The first kappa shape index (κ1) is 23.6. The lowest BCUT2D eigenvalue weighted by molar-refractivity contribution is 0.163. The van der Waals surface area contributed by atoms with E-state index in [0.717, 1.165) is 23.7 Å². The van der Waals surface area contributed by atoms with E-state index < -0.39 is 0 Å². The summed E-state index contributed by atoms with van der Waals surface area (Å²) in [4.78, 5) is 2.60. The Hall–Kier alpha value is -1.02. The van der Waals surface area contributed by atoms with Gasteiger partial charge in [-0.1, -0.05) is 58.1 Å². The number of nitrogens with one attached hydrogen (secondary N) is 1. The fourth-order valence-corrected chi connectivity index (χ4v) is 5.92. The minimum atomic E-state index is 0.384. The van der Waals surface area contributed by atoms with Crippen molar-refractivity contribution < 1.29 is 0 Å². The fourth-order valence-electron chi connectivity index (χ4n) is 5.92. The predicted molar refractivity (Wildman–Crippen MR) is 131 cm³/mol. The van der Waals surface area contributed by atoms with E-state index in [0.29, 0.717) is 18.0 Å². The quantitative estimate of drug-likeness (QED) is 0.434. The van der Waals surface area contributed by atoms with Gasteiger partial charge in [0.2, 0.25) is 0 Å². The largest absolute Gasteiger partial charge is 0.374 e. The van der Waals surface area contributed by atoms with Crippen LogP contribution in [0.15, 0.2) is 36.1 Å². The van der Waals surface area contributed by atoms with E-state index >= 15 is 0 Å². The van der Waals surface area contributed by atoms with E-state index in [1.165, 1.54) is 70.2 Å². The van der Waals surface area contributed by atoms with E-state index in [2.05, 4.69) is 69.6 Å². The van der Waals surface area contributed by atoms with Crippen LogP contribution in [0.2, 0.25) is 0 Å². The van der Waals surface area contributed by atoms with E-state index in [1.54, 1.807) is 5.57 Å². The highest BCUT2D eigenvalue weighted by molar-refractivity contribution is 5.11. The first-order valence-electron chi connectivity index (χ1n) is 12.9. The summed E-state index contributed by atoms with van der Waals surface area (Å²) in [5.74, 6) is 4.00. The molecule has 2 aliphatic carbocycles. The van der Waals surface area contributed by atoms with Crippen LogP contribution in [0.3, 0.4) is 0 Å². The van der Waals surface area contributed by atoms with Gasteiger partial charge in [-0.15, -0.1) is 0 Å². The van der Waals surface area contributed by atoms with Crippen LogP contribution in [0.1, 0.15) is 86.0 Å². The molecule has 0 aromatic rings. The van der Waals surface area contributed by atoms with Gasteiger partial charge in [0.25, 0.3) is 0 Å². The topological polar surface area (TPSA) is 15.3 Å². The van der Waals surface area contributed by atoms with E-state index in [9.17, 15) is 0 Å². The molecule has 0 aromatic heterocycles. The molecule has 1 N–H and O–H groups in total. The van der Waals surface area contributed by atoms with Crippen molar-refractivity contribution in [2.75, 3.05) is 13.1 Å². The Bertz CT molecular complexity index is 608. The smallest absolute Gasteiger partial charge is 0.0490 e. The van der Waals surface area contributed by atoms with Gasteiger partial charge in [-0.25, -0.2) is 0 Å². The van der Waals surface area contributed by atoms with Crippen LogP contribution in [0.5, 0.6) is 0 Å². The van der Waals surface area contributed by atoms with Crippen LogP contribution in [0, 0.1) is 29.6 Å². The van der Waals surface area contributed by atoms with Crippen LogP contribution >= 0.6 is 0 Å². The van der Waals surface area contributed by atoms with E-state index in [-0.39, 0.29) is 0 Å². The standard InChI is InChI=1S/C28H48N2/c1-20(2)28(29-23(5)19-25-12-10-21(3)11-13-25)24(6)30-16-14-26(15-17-30)27-9-7-8-22(4)18-27/h7,9,12,20-23,26-29H,6,8,10-11,13-19H2,1-5H3/t21-,22?,23?,27?,28?/m0/s1. The average Bonchev–Trinajstić information content (AvgIpc) is 2.73. The summed E-state index contributed by atoms with van der Waals surface area (Å²) in [6, 6.07) is 0.898. The molecule has 1 aliphatic heterocycles. The average molecular weight is 413 g/mol. The lowest BCUT2D eigenvalue weighted by Crippen LogP contribution is -2.47. The molecule has 0 bridgehead atoms. The van der Waals surface area contributed by atoms with Gasteiger partial charge in [-0.3, -0.25) is 0 Å². The summed E-state index contributed by atoms with van der Waals surface area (Å²) in [7, 11) is 0. The molecule has 3 aliphatic rings. The zero-order valence-corrected chi connectivity index (χ0v) is 20.5. The molecule has 2 heteroatoms. The maximum Gasteiger partial charge on any atom is 0.0490 e. The van der Waals surface area contributed by atoms with Crippen molar-refractivity contribution in [1.82, 2.24) is 10.2 Å². The lowest BCUT2D eigenvalue weighted by atomic mass is 9.76. The molecule has 3 rings (SSSR count). The van der Waals surface area contributed by atoms with E-state index in [1.807, 2.05) is 0 Å². The number of allylic oxidation sites excluding steroid dienone is 3. The molecule has 170 valence electrons. The third kappa shape index (κ3) is 6.49. The lowest BCUT2D eigenvalue weighted by Gasteiger charge is -2.42. The molecular weight excluding hydrogens is 364 g/mol. The van der Waals surface area contributed by atoms with E-state index in [4.69, 9.17) is 0 Å². The molecule has 1 heterocycles. The van der Waals surface area contributed by atoms with Gasteiger partial charge in [0.05, 0.1) is 0 Å². The highest BCUT2D eigenvalue weighted by Crippen LogP contribution is 2.35. The highest BCUT2D eigenvalue weighted by Gasteiger charge is 2.30. The minimum Gasteiger partial charge on any atom is -0.374 e. The van der Waals surface area contributed by atoms with Crippen molar-refractivity contribution >= 4 is 0 Å². The van der Waals surface area contributed by atoms with Crippen molar-refractivity contribution in [3.05, 3.63) is 36.1 Å². The van der Waals surface area contributed by atoms with Gasteiger partial charge < -0.3 is 10.2 Å². The van der Waals surface area contributed by atoms with Crippen LogP contribution in [-0.4, -0.2) is 30.1 Å². The van der Waals surface area contributed by atoms with Gasteiger partial charge in [-0.2, -0.15) is 0 Å². The molecule has 1 saturated heterocycles. The number of piperidine rings is 1. The SMILES string of the molecule is C=C(C(NC(C)CC1=CC[C@H](C)CC1)C(C)C)N1CCC(C2C=CCC(C)C2)CC1. The Morgan fingerprint density at radius 3 is 2.43 bits per heavy atom. The number of hydrogen-bond donors (Lipinski definition) is 1. The van der Waals surface area contributed by atoms with Crippen molar-refractivity contribution in [2.24, 2.45) is 29.6 Å². The monoisotopic (exact) mass is 412 g/mol. The molecule has 30 heavy (non-hydrogen) atoms. The maximum atomic E-state index is 4.59. The Kier molecular flexibility index (Phi) is 8.69. The molecule has 0 saturated carbocycles. The van der Waals surface area contributed by atoms with Gasteiger partial charge >= 0.3 is 0 Å².